The Balaban J connectivity index is 2.14. The first-order chi connectivity index (χ1) is 10.6. The van der Waals surface area contributed by atoms with Crippen molar-refractivity contribution in [3.8, 4) is 0 Å². The molecule has 0 spiro atoms. The number of hydrogen-bond donors (Lipinski definition) is 2. The van der Waals surface area contributed by atoms with Crippen LogP contribution < -0.4 is 21.5 Å². The van der Waals surface area contributed by atoms with Gasteiger partial charge in [-0.2, -0.15) is 0 Å². The topological polar surface area (TPSA) is 58.2 Å². The van der Waals surface area contributed by atoms with Gasteiger partial charge in [-0.1, -0.05) is 50.0 Å². The Kier molecular flexibility index (Phi) is 5.07. The third-order valence-electron chi connectivity index (χ3n) is 4.04. The summed E-state index contributed by atoms with van der Waals surface area (Å²) in [5.74, 6) is 0. The first kappa shape index (κ1) is 17.8. The molecule has 1 unspecified atom stereocenters. The summed E-state index contributed by atoms with van der Waals surface area (Å²) in [6.45, 7) is 8.53. The van der Waals surface area contributed by atoms with E-state index in [0.717, 1.165) is 5.56 Å². The predicted molar refractivity (Wildman–Crippen MR) is 97.7 cm³/mol. The highest BCUT2D eigenvalue weighted by molar-refractivity contribution is 6.35. The quantitative estimate of drug-likeness (QED) is 0.795. The normalized spacial score (nSPS) is 13.1. The van der Waals surface area contributed by atoms with Gasteiger partial charge in [-0.25, -0.2) is 0 Å². The standard InChI is InChI=1S/C17H20Cl2N2O2/c1-9(17(2,3)4)21-14-13(15(22)16(14)23)20-8-10-5-6-11(18)7-12(10)19/h5-7,9,20-21H,8H2,1-4H3. The Morgan fingerprint density at radius 1 is 1.09 bits per heavy atom. The summed E-state index contributed by atoms with van der Waals surface area (Å²) < 4.78 is 0. The van der Waals surface area contributed by atoms with Gasteiger partial charge in [0.15, 0.2) is 0 Å². The summed E-state index contributed by atoms with van der Waals surface area (Å²) >= 11 is 12.0. The summed E-state index contributed by atoms with van der Waals surface area (Å²) in [4.78, 5) is 23.6. The van der Waals surface area contributed by atoms with Gasteiger partial charge in [0.05, 0.1) is 0 Å². The Morgan fingerprint density at radius 3 is 2.26 bits per heavy atom. The Morgan fingerprint density at radius 2 is 1.70 bits per heavy atom. The van der Waals surface area contributed by atoms with Crippen LogP contribution in [-0.2, 0) is 6.54 Å². The minimum absolute atomic E-state index is 0.0312. The fourth-order valence-corrected chi connectivity index (χ4v) is 2.45. The molecule has 0 saturated heterocycles. The van der Waals surface area contributed by atoms with Crippen LogP contribution in [0.2, 0.25) is 10.0 Å². The zero-order valence-electron chi connectivity index (χ0n) is 13.6. The summed E-state index contributed by atoms with van der Waals surface area (Å²) in [5.41, 5.74) is 0.458. The smallest absolute Gasteiger partial charge is 0.253 e. The predicted octanol–water partition coefficient (Wildman–Crippen LogP) is 4.05. The van der Waals surface area contributed by atoms with Gasteiger partial charge in [-0.3, -0.25) is 9.59 Å². The number of hydrogen-bond acceptors (Lipinski definition) is 4. The van der Waals surface area contributed by atoms with E-state index in [2.05, 4.69) is 31.4 Å². The van der Waals surface area contributed by atoms with Crippen LogP contribution in [0.25, 0.3) is 0 Å². The maximum absolute atomic E-state index is 11.8. The minimum Gasteiger partial charge on any atom is -0.377 e. The average molecular weight is 355 g/mol. The fraction of sp³-hybridized carbons (Fsp3) is 0.412. The second kappa shape index (κ2) is 6.54. The molecule has 0 aliphatic carbocycles. The van der Waals surface area contributed by atoms with E-state index < -0.39 is 10.9 Å². The average Bonchev–Trinajstić information content (AvgIpc) is 2.46. The van der Waals surface area contributed by atoms with Gasteiger partial charge >= 0.3 is 0 Å². The third kappa shape index (κ3) is 3.88. The van der Waals surface area contributed by atoms with Crippen molar-refractivity contribution < 1.29 is 0 Å². The van der Waals surface area contributed by atoms with Crippen LogP contribution in [0, 0.1) is 5.41 Å². The van der Waals surface area contributed by atoms with Crippen LogP contribution in [0.3, 0.4) is 0 Å². The van der Waals surface area contributed by atoms with Crippen molar-refractivity contribution in [1.82, 2.24) is 0 Å². The summed E-state index contributed by atoms with van der Waals surface area (Å²) in [6, 6.07) is 5.20. The Bertz CT molecular complexity index is 787. The van der Waals surface area contributed by atoms with E-state index in [1.54, 1.807) is 18.2 Å². The van der Waals surface area contributed by atoms with Gasteiger partial charge < -0.3 is 10.6 Å². The minimum atomic E-state index is -0.501. The molecule has 2 rings (SSSR count). The molecule has 0 saturated carbocycles. The molecule has 0 heterocycles. The first-order valence-corrected chi connectivity index (χ1v) is 8.14. The summed E-state index contributed by atoms with van der Waals surface area (Å²) in [6.07, 6.45) is 0. The Labute approximate surface area is 145 Å². The number of nitrogens with one attached hydrogen (secondary N) is 2. The monoisotopic (exact) mass is 354 g/mol. The maximum Gasteiger partial charge on any atom is 0.253 e. The third-order valence-corrected chi connectivity index (χ3v) is 4.63. The lowest BCUT2D eigenvalue weighted by Crippen LogP contribution is -2.41. The van der Waals surface area contributed by atoms with Gasteiger partial charge in [0.2, 0.25) is 0 Å². The molecule has 1 atom stereocenters. The van der Waals surface area contributed by atoms with Crippen molar-refractivity contribution in [3.63, 3.8) is 0 Å². The van der Waals surface area contributed by atoms with Crippen molar-refractivity contribution in [1.29, 1.82) is 0 Å². The highest BCUT2D eigenvalue weighted by Crippen LogP contribution is 2.26. The lowest BCUT2D eigenvalue weighted by molar-refractivity contribution is 0.359. The van der Waals surface area contributed by atoms with Gasteiger partial charge in [-0.15, -0.1) is 0 Å². The molecule has 2 N–H and O–H groups in total. The highest BCUT2D eigenvalue weighted by atomic mass is 35.5. The second-order valence-corrected chi connectivity index (χ2v) is 7.57. The molecule has 4 nitrogen and oxygen atoms in total. The largest absolute Gasteiger partial charge is 0.377 e. The molecule has 0 bridgehead atoms. The Hall–Kier alpha value is -1.52. The SMILES string of the molecule is CC(Nc1c(NCc2ccc(Cl)cc2Cl)c(=O)c1=O)C(C)(C)C. The van der Waals surface area contributed by atoms with Gasteiger partial charge in [0.1, 0.15) is 11.4 Å². The molecule has 0 aliphatic heterocycles. The van der Waals surface area contributed by atoms with Crippen molar-refractivity contribution in [2.45, 2.75) is 40.3 Å². The van der Waals surface area contributed by atoms with Crippen LogP contribution in [0.15, 0.2) is 27.8 Å². The number of anilines is 2. The zero-order chi connectivity index (χ0) is 17.4. The second-order valence-electron chi connectivity index (χ2n) is 6.73. The van der Waals surface area contributed by atoms with Gasteiger partial charge in [0, 0.05) is 22.6 Å². The van der Waals surface area contributed by atoms with Crippen LogP contribution in [-0.4, -0.2) is 6.04 Å². The molecular weight excluding hydrogens is 335 g/mol. The van der Waals surface area contributed by atoms with Crippen molar-refractivity contribution in [3.05, 3.63) is 54.3 Å². The van der Waals surface area contributed by atoms with Crippen LogP contribution in [0.4, 0.5) is 11.4 Å². The molecule has 0 amide bonds. The summed E-state index contributed by atoms with van der Waals surface area (Å²) in [5, 5.41) is 7.21. The van der Waals surface area contributed by atoms with E-state index in [4.69, 9.17) is 23.2 Å². The molecule has 124 valence electrons. The molecular formula is C17H20Cl2N2O2. The van der Waals surface area contributed by atoms with Gasteiger partial charge in [-0.05, 0) is 30.0 Å². The lowest BCUT2D eigenvalue weighted by atomic mass is 9.87. The lowest BCUT2D eigenvalue weighted by Gasteiger charge is -2.30. The molecule has 0 fully saturated rings. The molecule has 2 aromatic rings. The van der Waals surface area contributed by atoms with E-state index in [-0.39, 0.29) is 11.5 Å². The molecule has 2 aromatic carbocycles. The molecule has 0 radical (unpaired) electrons. The van der Waals surface area contributed by atoms with Crippen LogP contribution in [0.1, 0.15) is 33.3 Å². The van der Waals surface area contributed by atoms with E-state index in [9.17, 15) is 9.59 Å². The van der Waals surface area contributed by atoms with E-state index >= 15 is 0 Å². The molecule has 23 heavy (non-hydrogen) atoms. The number of rotatable bonds is 5. The van der Waals surface area contributed by atoms with Crippen molar-refractivity contribution in [2.75, 3.05) is 10.6 Å². The van der Waals surface area contributed by atoms with E-state index in [1.165, 1.54) is 0 Å². The van der Waals surface area contributed by atoms with Crippen molar-refractivity contribution in [2.24, 2.45) is 5.41 Å². The molecule has 6 heteroatoms. The first-order valence-electron chi connectivity index (χ1n) is 7.39. The number of halogens is 2. The highest BCUT2D eigenvalue weighted by Gasteiger charge is 2.26. The molecule has 0 aromatic heterocycles. The fourth-order valence-electron chi connectivity index (χ4n) is 1.98. The number of benzene rings is 1. The zero-order valence-corrected chi connectivity index (χ0v) is 15.1. The summed E-state index contributed by atoms with van der Waals surface area (Å²) in [7, 11) is 0. The van der Waals surface area contributed by atoms with Gasteiger partial charge in [0.25, 0.3) is 10.9 Å². The van der Waals surface area contributed by atoms with Crippen molar-refractivity contribution >= 4 is 34.6 Å². The maximum atomic E-state index is 11.8. The van der Waals surface area contributed by atoms with Crippen LogP contribution in [0.5, 0.6) is 0 Å². The van der Waals surface area contributed by atoms with Crippen LogP contribution >= 0.6 is 23.2 Å². The van der Waals surface area contributed by atoms with E-state index in [1.807, 2.05) is 6.92 Å². The molecule has 0 aliphatic rings. The van der Waals surface area contributed by atoms with E-state index in [0.29, 0.717) is 28.0 Å².